The Morgan fingerprint density at radius 3 is 2.86 bits per heavy atom. The van der Waals surface area contributed by atoms with Crippen molar-refractivity contribution in [1.29, 1.82) is 0 Å². The van der Waals surface area contributed by atoms with Crippen molar-refractivity contribution in [2.45, 2.75) is 26.8 Å². The number of benzene rings is 1. The minimum atomic E-state index is 0.628. The first-order chi connectivity index (χ1) is 10.3. The maximum absolute atomic E-state index is 6.00. The number of aryl methyl sites for hydroxylation is 1. The zero-order valence-corrected chi connectivity index (χ0v) is 13.6. The Morgan fingerprint density at radius 1 is 1.33 bits per heavy atom. The van der Waals surface area contributed by atoms with Crippen LogP contribution in [0.25, 0.3) is 0 Å². The number of nitrogens with zero attached hydrogens (tertiary/aromatic N) is 1. The summed E-state index contributed by atoms with van der Waals surface area (Å²) in [4.78, 5) is 5.54. The van der Waals surface area contributed by atoms with Crippen LogP contribution in [0.15, 0.2) is 23.7 Å². The molecule has 1 aromatic heterocycles. The van der Waals surface area contributed by atoms with Crippen molar-refractivity contribution in [2.24, 2.45) is 0 Å². The molecule has 0 unspecified atom stereocenters. The molecule has 1 N–H and O–H groups in total. The first kappa shape index (κ1) is 15.8. The summed E-state index contributed by atoms with van der Waals surface area (Å²) in [6.07, 6.45) is 0.870. The number of thiazole rings is 1. The van der Waals surface area contributed by atoms with Gasteiger partial charge in [-0.3, -0.25) is 0 Å². The highest BCUT2D eigenvalue weighted by Gasteiger charge is 2.11. The van der Waals surface area contributed by atoms with Gasteiger partial charge in [0, 0.05) is 23.4 Å². The Labute approximate surface area is 130 Å². The monoisotopic (exact) mass is 306 g/mol. The zero-order chi connectivity index (χ0) is 15.1. The van der Waals surface area contributed by atoms with E-state index in [4.69, 9.17) is 9.47 Å². The number of ether oxygens (including phenoxy) is 2. The van der Waals surface area contributed by atoms with Crippen LogP contribution < -0.4 is 14.8 Å². The van der Waals surface area contributed by atoms with Gasteiger partial charge in [0.05, 0.1) is 24.9 Å². The smallest absolute Gasteiger partial charge is 0.165 e. The van der Waals surface area contributed by atoms with Crippen LogP contribution in [0, 0.1) is 6.92 Å². The van der Waals surface area contributed by atoms with Gasteiger partial charge in [0.15, 0.2) is 11.5 Å². The molecule has 0 bridgehead atoms. The van der Waals surface area contributed by atoms with Gasteiger partial charge in [-0.15, -0.1) is 11.3 Å². The van der Waals surface area contributed by atoms with E-state index in [9.17, 15) is 0 Å². The fourth-order valence-electron chi connectivity index (χ4n) is 2.10. The van der Waals surface area contributed by atoms with E-state index in [0.29, 0.717) is 6.61 Å². The van der Waals surface area contributed by atoms with Crippen molar-refractivity contribution in [1.82, 2.24) is 10.3 Å². The SMILES string of the molecule is CCNCc1cccc(OC)c1OCCc1scnc1C. The number of methoxy groups -OCH3 is 1. The molecule has 0 atom stereocenters. The predicted octanol–water partition coefficient (Wildman–Crippen LogP) is 3.19. The summed E-state index contributed by atoms with van der Waals surface area (Å²) in [6, 6.07) is 5.99. The lowest BCUT2D eigenvalue weighted by atomic mass is 10.2. The molecule has 2 aromatic rings. The summed E-state index contributed by atoms with van der Waals surface area (Å²) in [5.41, 5.74) is 4.10. The second-order valence-corrected chi connectivity index (χ2v) is 5.63. The molecule has 21 heavy (non-hydrogen) atoms. The Bertz CT molecular complexity index is 569. The second kappa shape index (κ2) is 8.00. The highest BCUT2D eigenvalue weighted by Crippen LogP contribution is 2.31. The van der Waals surface area contributed by atoms with Crippen LogP contribution in [0.4, 0.5) is 0 Å². The minimum absolute atomic E-state index is 0.628. The lowest BCUT2D eigenvalue weighted by Gasteiger charge is -2.15. The van der Waals surface area contributed by atoms with Crippen molar-refractivity contribution < 1.29 is 9.47 Å². The molecular formula is C16H22N2O2S. The maximum Gasteiger partial charge on any atom is 0.165 e. The molecule has 1 aromatic carbocycles. The molecule has 0 aliphatic rings. The van der Waals surface area contributed by atoms with Gasteiger partial charge >= 0.3 is 0 Å². The summed E-state index contributed by atoms with van der Waals surface area (Å²) in [6.45, 7) is 6.46. The van der Waals surface area contributed by atoms with Gasteiger partial charge in [-0.05, 0) is 19.5 Å². The van der Waals surface area contributed by atoms with E-state index >= 15 is 0 Å². The van der Waals surface area contributed by atoms with Crippen molar-refractivity contribution in [3.63, 3.8) is 0 Å². The van der Waals surface area contributed by atoms with Crippen molar-refractivity contribution in [3.05, 3.63) is 39.8 Å². The van der Waals surface area contributed by atoms with Crippen LogP contribution in [-0.4, -0.2) is 25.2 Å². The van der Waals surface area contributed by atoms with Gasteiger partial charge in [-0.25, -0.2) is 4.98 Å². The molecule has 5 heteroatoms. The van der Waals surface area contributed by atoms with Crippen LogP contribution in [0.5, 0.6) is 11.5 Å². The van der Waals surface area contributed by atoms with Crippen molar-refractivity contribution in [3.8, 4) is 11.5 Å². The molecule has 4 nitrogen and oxygen atoms in total. The van der Waals surface area contributed by atoms with E-state index in [1.54, 1.807) is 18.4 Å². The molecule has 0 saturated carbocycles. The zero-order valence-electron chi connectivity index (χ0n) is 12.8. The van der Waals surface area contributed by atoms with E-state index < -0.39 is 0 Å². The van der Waals surface area contributed by atoms with Crippen LogP contribution in [0.3, 0.4) is 0 Å². The molecule has 0 fully saturated rings. The number of hydrogen-bond acceptors (Lipinski definition) is 5. The third-order valence-electron chi connectivity index (χ3n) is 3.27. The van der Waals surface area contributed by atoms with Crippen LogP contribution in [0.2, 0.25) is 0 Å². The third-order valence-corrected chi connectivity index (χ3v) is 4.26. The number of rotatable bonds is 8. The number of aromatic nitrogens is 1. The van der Waals surface area contributed by atoms with E-state index in [1.165, 1.54) is 4.88 Å². The Hall–Kier alpha value is -1.59. The normalized spacial score (nSPS) is 10.6. The minimum Gasteiger partial charge on any atom is -0.493 e. The third kappa shape index (κ3) is 4.19. The standard InChI is InChI=1S/C16H22N2O2S/c1-4-17-10-13-6-5-7-14(19-3)16(13)20-9-8-15-12(2)18-11-21-15/h5-7,11,17H,4,8-10H2,1-3H3. The van der Waals surface area contributed by atoms with Crippen molar-refractivity contribution in [2.75, 3.05) is 20.3 Å². The Balaban J connectivity index is 2.04. The average Bonchev–Trinajstić information content (AvgIpc) is 2.91. The highest BCUT2D eigenvalue weighted by molar-refractivity contribution is 7.09. The quantitative estimate of drug-likeness (QED) is 0.813. The van der Waals surface area contributed by atoms with Gasteiger partial charge in [0.1, 0.15) is 0 Å². The van der Waals surface area contributed by atoms with Gasteiger partial charge in [-0.1, -0.05) is 19.1 Å². The largest absolute Gasteiger partial charge is 0.493 e. The molecular weight excluding hydrogens is 284 g/mol. The molecule has 1 heterocycles. The molecule has 114 valence electrons. The van der Waals surface area contributed by atoms with Crippen LogP contribution in [0.1, 0.15) is 23.1 Å². The number of nitrogens with one attached hydrogen (secondary N) is 1. The van der Waals surface area contributed by atoms with Gasteiger partial charge < -0.3 is 14.8 Å². The van der Waals surface area contributed by atoms with Gasteiger partial charge in [0.2, 0.25) is 0 Å². The highest BCUT2D eigenvalue weighted by atomic mass is 32.1. The molecule has 0 amide bonds. The van der Waals surface area contributed by atoms with Crippen molar-refractivity contribution >= 4 is 11.3 Å². The topological polar surface area (TPSA) is 43.4 Å². The summed E-state index contributed by atoms with van der Waals surface area (Å²) < 4.78 is 11.4. The number of hydrogen-bond donors (Lipinski definition) is 1. The lowest BCUT2D eigenvalue weighted by Crippen LogP contribution is -2.14. The lowest BCUT2D eigenvalue weighted by molar-refractivity contribution is 0.294. The molecule has 0 radical (unpaired) electrons. The van der Waals surface area contributed by atoms with Crippen LogP contribution >= 0.6 is 11.3 Å². The fourth-order valence-corrected chi connectivity index (χ4v) is 2.86. The van der Waals surface area contributed by atoms with Gasteiger partial charge in [-0.2, -0.15) is 0 Å². The summed E-state index contributed by atoms with van der Waals surface area (Å²) >= 11 is 1.68. The fraction of sp³-hybridized carbons (Fsp3) is 0.438. The molecule has 0 saturated heterocycles. The first-order valence-electron chi connectivity index (χ1n) is 7.14. The van der Waals surface area contributed by atoms with E-state index in [1.807, 2.05) is 24.6 Å². The van der Waals surface area contributed by atoms with E-state index in [0.717, 1.165) is 42.3 Å². The summed E-state index contributed by atoms with van der Waals surface area (Å²) in [5.74, 6) is 1.62. The van der Waals surface area contributed by atoms with E-state index in [2.05, 4.69) is 23.3 Å². The predicted molar refractivity (Wildman–Crippen MR) is 86.4 cm³/mol. The molecule has 0 spiro atoms. The number of para-hydroxylation sites is 1. The Kier molecular flexibility index (Phi) is 6.02. The second-order valence-electron chi connectivity index (χ2n) is 4.69. The maximum atomic E-state index is 6.00. The molecule has 0 aliphatic carbocycles. The molecule has 0 aliphatic heterocycles. The first-order valence-corrected chi connectivity index (χ1v) is 8.02. The van der Waals surface area contributed by atoms with E-state index in [-0.39, 0.29) is 0 Å². The summed E-state index contributed by atoms with van der Waals surface area (Å²) in [5, 5.41) is 3.33. The Morgan fingerprint density at radius 2 is 2.19 bits per heavy atom. The van der Waals surface area contributed by atoms with Crippen LogP contribution in [-0.2, 0) is 13.0 Å². The average molecular weight is 306 g/mol. The van der Waals surface area contributed by atoms with Gasteiger partial charge in [0.25, 0.3) is 0 Å². The summed E-state index contributed by atoms with van der Waals surface area (Å²) in [7, 11) is 1.67. The molecule has 2 rings (SSSR count).